The molecule has 1 aromatic rings. The molecule has 72 valence electrons. The van der Waals surface area contributed by atoms with Crippen LogP contribution in [-0.4, -0.2) is 6.98 Å². The Morgan fingerprint density at radius 2 is 1.79 bits per heavy atom. The molecular weight excluding hydrogens is 290 g/mol. The molecular formula is C7H5BBrF4K. The summed E-state index contributed by atoms with van der Waals surface area (Å²) in [5, 5.41) is 0. The fraction of sp³-hybridized carbons (Fsp3) is 0.143. The van der Waals surface area contributed by atoms with Gasteiger partial charge in [0.1, 0.15) is 5.82 Å². The van der Waals surface area contributed by atoms with Crippen LogP contribution in [0, 0.1) is 5.82 Å². The van der Waals surface area contributed by atoms with E-state index < -0.39 is 19.1 Å². The van der Waals surface area contributed by atoms with E-state index in [1.54, 1.807) is 0 Å². The molecule has 14 heavy (non-hydrogen) atoms. The van der Waals surface area contributed by atoms with Crippen molar-refractivity contribution in [3.63, 3.8) is 0 Å². The van der Waals surface area contributed by atoms with Crippen molar-refractivity contribution >= 4 is 22.9 Å². The third-order valence-corrected chi connectivity index (χ3v) is 2.09. The fourth-order valence-electron chi connectivity index (χ4n) is 0.934. The molecule has 0 radical (unpaired) electrons. The van der Waals surface area contributed by atoms with Crippen molar-refractivity contribution in [1.82, 2.24) is 0 Å². The van der Waals surface area contributed by atoms with Gasteiger partial charge in [0.25, 0.3) is 0 Å². The summed E-state index contributed by atoms with van der Waals surface area (Å²) < 4.78 is 48.6. The van der Waals surface area contributed by atoms with Crippen LogP contribution in [0.5, 0.6) is 0 Å². The molecule has 0 amide bonds. The van der Waals surface area contributed by atoms with Crippen molar-refractivity contribution in [1.29, 1.82) is 0 Å². The van der Waals surface area contributed by atoms with Crippen LogP contribution in [0.4, 0.5) is 17.3 Å². The van der Waals surface area contributed by atoms with E-state index in [1.165, 1.54) is 12.1 Å². The Labute approximate surface area is 130 Å². The smallest absolute Gasteiger partial charge is 0.449 e. The predicted molar refractivity (Wildman–Crippen MR) is 46.9 cm³/mol. The van der Waals surface area contributed by atoms with Crippen LogP contribution in [-0.2, 0) is 6.32 Å². The minimum Gasteiger partial charge on any atom is -0.449 e. The predicted octanol–water partition coefficient (Wildman–Crippen LogP) is 0.521. The van der Waals surface area contributed by atoms with Crippen LogP contribution in [0.1, 0.15) is 5.56 Å². The number of hydrogen-bond acceptors (Lipinski definition) is 0. The van der Waals surface area contributed by atoms with Crippen LogP contribution in [0.2, 0.25) is 0 Å². The van der Waals surface area contributed by atoms with E-state index in [0.29, 0.717) is 0 Å². The third-order valence-electron chi connectivity index (χ3n) is 1.45. The van der Waals surface area contributed by atoms with Crippen LogP contribution in [0.3, 0.4) is 0 Å². The van der Waals surface area contributed by atoms with Crippen molar-refractivity contribution < 1.29 is 68.7 Å². The Kier molecular flexibility index (Phi) is 6.49. The van der Waals surface area contributed by atoms with Gasteiger partial charge in [0, 0.05) is 0 Å². The monoisotopic (exact) mass is 294 g/mol. The van der Waals surface area contributed by atoms with Crippen LogP contribution in [0.25, 0.3) is 0 Å². The molecule has 0 aliphatic rings. The zero-order valence-corrected chi connectivity index (χ0v) is 12.1. The summed E-state index contributed by atoms with van der Waals surface area (Å²) in [5.74, 6) is -0.669. The van der Waals surface area contributed by atoms with Gasteiger partial charge in [-0.3, -0.25) is 0 Å². The van der Waals surface area contributed by atoms with E-state index in [2.05, 4.69) is 15.9 Å². The molecule has 0 N–H and O–H groups in total. The van der Waals surface area contributed by atoms with E-state index in [1.807, 2.05) is 0 Å². The number of hydrogen-bond donors (Lipinski definition) is 0. The summed E-state index contributed by atoms with van der Waals surface area (Å²) in [6.07, 6.45) is -1.04. The minimum absolute atomic E-state index is 0. The minimum atomic E-state index is -4.89. The van der Waals surface area contributed by atoms with Gasteiger partial charge in [0.2, 0.25) is 0 Å². The van der Waals surface area contributed by atoms with Crippen LogP contribution in [0.15, 0.2) is 22.7 Å². The van der Waals surface area contributed by atoms with Gasteiger partial charge in [0.15, 0.2) is 0 Å². The van der Waals surface area contributed by atoms with Gasteiger partial charge in [-0.2, -0.15) is 0 Å². The molecule has 1 aromatic carbocycles. The Morgan fingerprint density at radius 1 is 1.21 bits per heavy atom. The largest absolute Gasteiger partial charge is 1.00 e. The van der Waals surface area contributed by atoms with E-state index in [9.17, 15) is 17.3 Å². The van der Waals surface area contributed by atoms with Gasteiger partial charge in [0.05, 0.1) is 4.47 Å². The van der Waals surface area contributed by atoms with Gasteiger partial charge in [-0.1, -0.05) is 17.9 Å². The van der Waals surface area contributed by atoms with Crippen molar-refractivity contribution in [3.05, 3.63) is 34.1 Å². The zero-order chi connectivity index (χ0) is 10.1. The maximum Gasteiger partial charge on any atom is 1.00 e. The summed E-state index contributed by atoms with van der Waals surface area (Å²) in [6.45, 7) is -4.89. The first kappa shape index (κ1) is 15.1. The molecule has 0 saturated heterocycles. The van der Waals surface area contributed by atoms with E-state index in [0.717, 1.165) is 6.07 Å². The normalized spacial score (nSPS) is 10.9. The molecule has 0 spiro atoms. The molecule has 0 aliphatic heterocycles. The van der Waals surface area contributed by atoms with Gasteiger partial charge < -0.3 is 12.9 Å². The van der Waals surface area contributed by atoms with Crippen molar-refractivity contribution in [3.8, 4) is 0 Å². The topological polar surface area (TPSA) is 0 Å². The first-order valence-electron chi connectivity index (χ1n) is 3.53. The summed E-state index contributed by atoms with van der Waals surface area (Å²) in [5.41, 5.74) is -0.0480. The standard InChI is InChI=1S/C7H5BBrF4.K/c9-6-2-1-5(3-7(6)10)4-8(11,12)13;/h1-3H,4H2;/q-1;+1. The Balaban J connectivity index is 0.00000169. The fourth-order valence-corrected chi connectivity index (χ4v) is 1.18. The average molecular weight is 295 g/mol. The molecule has 0 aromatic heterocycles. The van der Waals surface area contributed by atoms with Crippen LogP contribution >= 0.6 is 15.9 Å². The van der Waals surface area contributed by atoms with Gasteiger partial charge in [-0.15, -0.1) is 0 Å². The molecule has 0 atom stereocenters. The van der Waals surface area contributed by atoms with Gasteiger partial charge >= 0.3 is 58.4 Å². The number of halogens is 5. The van der Waals surface area contributed by atoms with Crippen molar-refractivity contribution in [2.75, 3.05) is 0 Å². The molecule has 0 heterocycles. The Bertz CT molecular complexity index is 315. The number of benzene rings is 1. The van der Waals surface area contributed by atoms with Gasteiger partial charge in [-0.05, 0) is 28.1 Å². The quantitative estimate of drug-likeness (QED) is 0.551. The second-order valence-corrected chi connectivity index (χ2v) is 3.52. The molecule has 0 aliphatic carbocycles. The van der Waals surface area contributed by atoms with Crippen molar-refractivity contribution in [2.45, 2.75) is 6.32 Å². The summed E-state index contributed by atoms with van der Waals surface area (Å²) in [7, 11) is 0. The molecule has 1 rings (SSSR count). The van der Waals surface area contributed by atoms with Crippen LogP contribution < -0.4 is 51.4 Å². The van der Waals surface area contributed by atoms with E-state index in [4.69, 9.17) is 0 Å². The third kappa shape index (κ3) is 5.27. The second kappa shape index (κ2) is 6.01. The average Bonchev–Trinajstić information content (AvgIpc) is 1.94. The molecule has 0 bridgehead atoms. The Morgan fingerprint density at radius 3 is 2.21 bits per heavy atom. The maximum atomic E-state index is 12.7. The summed E-state index contributed by atoms with van der Waals surface area (Å²) in [4.78, 5) is 0. The van der Waals surface area contributed by atoms with E-state index in [-0.39, 0.29) is 61.4 Å². The van der Waals surface area contributed by atoms with Gasteiger partial charge in [-0.25, -0.2) is 4.39 Å². The first-order valence-corrected chi connectivity index (χ1v) is 4.33. The first-order chi connectivity index (χ1) is 5.88. The summed E-state index contributed by atoms with van der Waals surface area (Å²) >= 11 is 2.86. The molecule has 0 saturated carbocycles. The Hall–Kier alpha value is 1.12. The van der Waals surface area contributed by atoms with E-state index >= 15 is 0 Å². The SMILES string of the molecule is Fc1cc(C[B-](F)(F)F)ccc1Br.[K+]. The van der Waals surface area contributed by atoms with Crippen molar-refractivity contribution in [2.24, 2.45) is 0 Å². The molecule has 0 unspecified atom stereocenters. The zero-order valence-electron chi connectivity index (χ0n) is 7.41. The number of rotatable bonds is 2. The second-order valence-electron chi connectivity index (χ2n) is 2.66. The molecule has 0 nitrogen and oxygen atoms in total. The maximum absolute atomic E-state index is 12.7. The summed E-state index contributed by atoms with van der Waals surface area (Å²) in [6, 6.07) is 3.41. The molecule has 7 heteroatoms. The molecule has 0 fully saturated rings.